The smallest absolute Gasteiger partial charge is 0.220 e. The van der Waals surface area contributed by atoms with Gasteiger partial charge < -0.3 is 65.1 Å². The number of carbonyl (C=O) groups excluding carboxylic acids is 1. The third-order valence-corrected chi connectivity index (χ3v) is 21.8. The molecular weight excluding hydrogens is 1280 g/mol. The van der Waals surface area contributed by atoms with Gasteiger partial charge >= 0.3 is 0 Å². The van der Waals surface area contributed by atoms with Crippen molar-refractivity contribution in [2.24, 2.45) is 0 Å². The third-order valence-electron chi connectivity index (χ3n) is 21.8. The fraction of sp³-hybridized carbons (Fsp3) is 0.920. The number of aliphatic hydroxyl groups excluding tert-OH is 8. The highest BCUT2D eigenvalue weighted by molar-refractivity contribution is 5.76. The van der Waals surface area contributed by atoms with Crippen molar-refractivity contribution in [3.63, 3.8) is 0 Å². The Morgan fingerprint density at radius 2 is 0.627 bits per heavy atom. The molecule has 2 heterocycles. The maximum Gasteiger partial charge on any atom is 0.220 e. The van der Waals surface area contributed by atoms with Gasteiger partial charge in [-0.1, -0.05) is 410 Å². The molecule has 2 rings (SSSR count). The van der Waals surface area contributed by atoms with Crippen LogP contribution in [0.3, 0.4) is 0 Å². The average Bonchev–Trinajstić information content (AvgIpc) is 0.790. The molecule has 9 N–H and O–H groups in total. The Kier molecular flexibility index (Phi) is 68.1. The van der Waals surface area contributed by atoms with E-state index >= 15 is 0 Å². The predicted molar refractivity (Wildman–Crippen MR) is 425 cm³/mol. The van der Waals surface area contributed by atoms with Crippen LogP contribution in [-0.2, 0) is 23.7 Å². The molecule has 12 atom stereocenters. The first kappa shape index (κ1) is 96.3. The summed E-state index contributed by atoms with van der Waals surface area (Å²) in [4.78, 5) is 13.4. The summed E-state index contributed by atoms with van der Waals surface area (Å²) in [6.45, 7) is 2.85. The summed E-state index contributed by atoms with van der Waals surface area (Å²) in [7, 11) is 0. The molecule has 2 aliphatic rings. The lowest BCUT2D eigenvalue weighted by Crippen LogP contribution is -2.65. The summed E-state index contributed by atoms with van der Waals surface area (Å²) in [5, 5.41) is 87.7. The lowest BCUT2D eigenvalue weighted by Gasteiger charge is -2.46. The van der Waals surface area contributed by atoms with Crippen molar-refractivity contribution in [1.29, 1.82) is 0 Å². The molecule has 602 valence electrons. The molecule has 14 nitrogen and oxygen atoms in total. The molecule has 12 unspecified atom stereocenters. The topological polar surface area (TPSA) is 228 Å². The van der Waals surface area contributed by atoms with E-state index in [-0.39, 0.29) is 18.9 Å². The highest BCUT2D eigenvalue weighted by Gasteiger charge is 2.51. The van der Waals surface area contributed by atoms with Crippen LogP contribution in [-0.4, -0.2) is 140 Å². The Labute approximate surface area is 627 Å². The highest BCUT2D eigenvalue weighted by Crippen LogP contribution is 2.31. The van der Waals surface area contributed by atoms with E-state index in [0.717, 1.165) is 44.9 Å². The van der Waals surface area contributed by atoms with E-state index in [1.54, 1.807) is 6.08 Å². The predicted octanol–water partition coefficient (Wildman–Crippen LogP) is 21.1. The van der Waals surface area contributed by atoms with E-state index in [0.29, 0.717) is 12.8 Å². The Hall–Kier alpha value is -1.79. The van der Waals surface area contributed by atoms with Gasteiger partial charge in [0.25, 0.3) is 0 Å². The minimum absolute atomic E-state index is 0.244. The third kappa shape index (κ3) is 53.9. The Balaban J connectivity index is 1.56. The van der Waals surface area contributed by atoms with Crippen LogP contribution in [0.2, 0.25) is 0 Å². The molecule has 1 amide bonds. The quantitative estimate of drug-likeness (QED) is 0.0204. The molecule has 0 aromatic rings. The molecule has 102 heavy (non-hydrogen) atoms. The number of rotatable bonds is 76. The van der Waals surface area contributed by atoms with E-state index in [2.05, 4.69) is 43.5 Å². The zero-order valence-corrected chi connectivity index (χ0v) is 66.4. The number of carbonyl (C=O) groups is 1. The van der Waals surface area contributed by atoms with Crippen molar-refractivity contribution in [3.8, 4) is 0 Å². The van der Waals surface area contributed by atoms with E-state index < -0.39 is 86.8 Å². The number of hydrogen-bond donors (Lipinski definition) is 9. The SMILES string of the molecule is CCCCCCCCCCCCCCCCCCC/C=C/CC/C=C/CC/C=C/C(O)C(COC1OC(CO)C(OC2OC(CO)C(O)C(O)C2O)C(O)C1O)NC(=O)CCCCCCCCCCCCCCCCCCCCCCCCCCCCCCCCCCCCCCCCCCC. The molecule has 2 saturated heterocycles. The normalized spacial score (nSPS) is 21.7. The van der Waals surface area contributed by atoms with E-state index in [1.165, 1.54) is 347 Å². The fourth-order valence-electron chi connectivity index (χ4n) is 14.9. The maximum absolute atomic E-state index is 13.4. The number of allylic oxidation sites excluding steroid dienone is 5. The number of aliphatic hydroxyl groups is 8. The molecule has 0 radical (unpaired) electrons. The molecule has 2 fully saturated rings. The first-order valence-corrected chi connectivity index (χ1v) is 44.2. The lowest BCUT2D eigenvalue weighted by molar-refractivity contribution is -0.359. The number of amides is 1. The van der Waals surface area contributed by atoms with E-state index in [4.69, 9.17) is 18.9 Å². The van der Waals surface area contributed by atoms with Gasteiger partial charge in [0.05, 0.1) is 32.0 Å². The number of ether oxygens (including phenoxy) is 4. The summed E-state index contributed by atoms with van der Waals surface area (Å²) < 4.78 is 22.9. The second-order valence-electron chi connectivity index (χ2n) is 31.4. The molecule has 0 aromatic heterocycles. The largest absolute Gasteiger partial charge is 0.394 e. The highest BCUT2D eigenvalue weighted by atomic mass is 16.7. The summed E-state index contributed by atoms with van der Waals surface area (Å²) in [5.74, 6) is -0.244. The first-order chi connectivity index (χ1) is 50.1. The van der Waals surface area contributed by atoms with Crippen LogP contribution in [0.5, 0.6) is 0 Å². The van der Waals surface area contributed by atoms with Gasteiger partial charge in [-0.2, -0.15) is 0 Å². The van der Waals surface area contributed by atoms with Crippen molar-refractivity contribution < 1.29 is 64.6 Å². The van der Waals surface area contributed by atoms with Crippen LogP contribution in [0.1, 0.15) is 425 Å². The zero-order chi connectivity index (χ0) is 73.7. The van der Waals surface area contributed by atoms with Crippen molar-refractivity contribution >= 4 is 5.91 Å². The summed E-state index contributed by atoms with van der Waals surface area (Å²) in [6, 6.07) is -0.939. The number of unbranched alkanes of at least 4 members (excludes halogenated alkanes) is 59. The standard InChI is InChI=1S/C88H167NO13/c1-3-5-7-9-11-13-15-17-19-21-23-25-27-29-31-32-33-34-35-36-37-38-39-40-41-42-43-44-46-48-50-52-54-56-58-60-62-64-66-68-70-72-80(93)89-76(75-99-87-85(98)83(96)86(79(74-91)101-87)102-88-84(97)82(95)81(94)78(73-90)100-88)77(92)71-69-67-65-63-61-59-57-55-53-51-49-47-45-30-28-26-24-22-20-18-16-14-12-10-8-6-4-2/h53,55,61,63,69,71,76-79,81-88,90-92,94-98H,3-52,54,56-60,62,64-68,70,72-75H2,1-2H3,(H,89,93)/b55-53+,63-61+,71-69+. The molecule has 0 spiro atoms. The van der Waals surface area contributed by atoms with Crippen molar-refractivity contribution in [1.82, 2.24) is 5.32 Å². The lowest BCUT2D eigenvalue weighted by atomic mass is 9.97. The zero-order valence-electron chi connectivity index (χ0n) is 66.4. The van der Waals surface area contributed by atoms with Crippen LogP contribution in [0.4, 0.5) is 0 Å². The van der Waals surface area contributed by atoms with Gasteiger partial charge in [0, 0.05) is 6.42 Å². The van der Waals surface area contributed by atoms with Gasteiger partial charge in [0.1, 0.15) is 48.8 Å². The van der Waals surface area contributed by atoms with Crippen LogP contribution in [0, 0.1) is 0 Å². The van der Waals surface area contributed by atoms with Gasteiger partial charge in [-0.25, -0.2) is 0 Å². The molecule has 2 aliphatic heterocycles. The molecular formula is C88H167NO13. The van der Waals surface area contributed by atoms with Crippen LogP contribution < -0.4 is 5.32 Å². The first-order valence-electron chi connectivity index (χ1n) is 44.2. The van der Waals surface area contributed by atoms with E-state index in [1.807, 2.05) is 6.08 Å². The molecule has 0 saturated carbocycles. The maximum atomic E-state index is 13.4. The summed E-state index contributed by atoms with van der Waals surface area (Å²) in [5.41, 5.74) is 0. The molecule has 0 bridgehead atoms. The number of hydrogen-bond acceptors (Lipinski definition) is 13. The van der Waals surface area contributed by atoms with Gasteiger partial charge in [-0.15, -0.1) is 0 Å². The molecule has 0 aromatic carbocycles. The summed E-state index contributed by atoms with van der Waals surface area (Å²) in [6.07, 6.45) is 79.9. The van der Waals surface area contributed by atoms with Gasteiger partial charge in [-0.3, -0.25) is 4.79 Å². The Morgan fingerprint density at radius 1 is 0.343 bits per heavy atom. The minimum Gasteiger partial charge on any atom is -0.394 e. The van der Waals surface area contributed by atoms with Gasteiger partial charge in [0.15, 0.2) is 12.6 Å². The van der Waals surface area contributed by atoms with Crippen LogP contribution >= 0.6 is 0 Å². The fourth-order valence-corrected chi connectivity index (χ4v) is 14.9. The van der Waals surface area contributed by atoms with Crippen molar-refractivity contribution in [2.45, 2.75) is 498 Å². The Bertz CT molecular complexity index is 1850. The molecule has 0 aliphatic carbocycles. The number of nitrogens with one attached hydrogen (secondary N) is 1. The van der Waals surface area contributed by atoms with Crippen molar-refractivity contribution in [2.75, 3.05) is 19.8 Å². The summed E-state index contributed by atoms with van der Waals surface area (Å²) >= 11 is 0. The van der Waals surface area contributed by atoms with Crippen LogP contribution in [0.25, 0.3) is 0 Å². The molecule has 14 heteroatoms. The second kappa shape index (κ2) is 72.1. The van der Waals surface area contributed by atoms with Crippen LogP contribution in [0.15, 0.2) is 36.5 Å². The Morgan fingerprint density at radius 3 is 0.961 bits per heavy atom. The van der Waals surface area contributed by atoms with Gasteiger partial charge in [-0.05, 0) is 44.9 Å². The van der Waals surface area contributed by atoms with Gasteiger partial charge in [0.2, 0.25) is 5.91 Å². The van der Waals surface area contributed by atoms with Crippen molar-refractivity contribution in [3.05, 3.63) is 36.5 Å². The monoisotopic (exact) mass is 1450 g/mol. The minimum atomic E-state index is -1.79. The second-order valence-corrected chi connectivity index (χ2v) is 31.4. The average molecular weight is 1450 g/mol. The van der Waals surface area contributed by atoms with E-state index in [9.17, 15) is 45.6 Å².